The van der Waals surface area contributed by atoms with E-state index in [-0.39, 0.29) is 11.9 Å². The van der Waals surface area contributed by atoms with E-state index in [1.54, 1.807) is 0 Å². The molecule has 0 saturated carbocycles. The average molecular weight is 373 g/mol. The largest absolute Gasteiger partial charge is 0.310 e. The van der Waals surface area contributed by atoms with Crippen LogP contribution in [0.15, 0.2) is 53.0 Å². The second-order valence-corrected chi connectivity index (χ2v) is 7.02. The molecule has 4 heteroatoms. The van der Waals surface area contributed by atoms with E-state index in [1.165, 1.54) is 11.1 Å². The molecule has 1 aliphatic heterocycles. The lowest BCUT2D eigenvalue weighted by molar-refractivity contribution is -0.125. The molecule has 1 aliphatic rings. The number of carbonyl (C=O) groups excluding carboxylic acids is 1. The van der Waals surface area contributed by atoms with Gasteiger partial charge in [0, 0.05) is 29.8 Å². The molecular weight excluding hydrogens is 352 g/mol. The highest BCUT2D eigenvalue weighted by molar-refractivity contribution is 9.10. The molecule has 2 aromatic carbocycles. The zero-order valence-corrected chi connectivity index (χ0v) is 15.1. The van der Waals surface area contributed by atoms with Crippen LogP contribution in [0.1, 0.15) is 18.1 Å². The first-order valence-electron chi connectivity index (χ1n) is 7.91. The second-order valence-electron chi connectivity index (χ2n) is 6.10. The van der Waals surface area contributed by atoms with Gasteiger partial charge in [0.25, 0.3) is 0 Å². The Bertz CT molecular complexity index is 699. The number of carbonyl (C=O) groups is 1. The molecule has 0 aromatic heterocycles. The van der Waals surface area contributed by atoms with E-state index >= 15 is 0 Å². The van der Waals surface area contributed by atoms with Gasteiger partial charge in [0.1, 0.15) is 0 Å². The zero-order chi connectivity index (χ0) is 16.4. The number of piperazine rings is 1. The topological polar surface area (TPSA) is 23.6 Å². The summed E-state index contributed by atoms with van der Waals surface area (Å²) in [4.78, 5) is 16.9. The van der Waals surface area contributed by atoms with Crippen molar-refractivity contribution in [3.63, 3.8) is 0 Å². The summed E-state index contributed by atoms with van der Waals surface area (Å²) < 4.78 is 1.03. The number of hydrogen-bond donors (Lipinski definition) is 0. The van der Waals surface area contributed by atoms with Crippen molar-refractivity contribution >= 4 is 27.5 Å². The fourth-order valence-corrected chi connectivity index (χ4v) is 3.32. The highest BCUT2D eigenvalue weighted by Crippen LogP contribution is 2.23. The van der Waals surface area contributed by atoms with Crippen molar-refractivity contribution in [2.75, 3.05) is 18.0 Å². The second kappa shape index (κ2) is 6.85. The van der Waals surface area contributed by atoms with Gasteiger partial charge in [-0.25, -0.2) is 0 Å². The number of amides is 1. The molecule has 0 aliphatic carbocycles. The van der Waals surface area contributed by atoms with Gasteiger partial charge in [0.2, 0.25) is 5.91 Å². The molecule has 1 atom stereocenters. The third-order valence-electron chi connectivity index (χ3n) is 4.39. The van der Waals surface area contributed by atoms with Crippen LogP contribution in [0.4, 0.5) is 5.69 Å². The van der Waals surface area contributed by atoms with Crippen LogP contribution in [-0.4, -0.2) is 29.9 Å². The molecular formula is C19H21BrN2O. The highest BCUT2D eigenvalue weighted by Gasteiger charge is 2.32. The molecule has 1 fully saturated rings. The predicted octanol–water partition coefficient (Wildman–Crippen LogP) is 3.99. The van der Waals surface area contributed by atoms with E-state index in [9.17, 15) is 4.79 Å². The zero-order valence-electron chi connectivity index (χ0n) is 13.5. The van der Waals surface area contributed by atoms with Crippen molar-refractivity contribution in [1.29, 1.82) is 0 Å². The first-order valence-corrected chi connectivity index (χ1v) is 8.70. The molecule has 0 N–H and O–H groups in total. The Morgan fingerprint density at radius 3 is 2.57 bits per heavy atom. The molecule has 1 amide bonds. The van der Waals surface area contributed by atoms with Gasteiger partial charge in [0.15, 0.2) is 0 Å². The van der Waals surface area contributed by atoms with Gasteiger partial charge in [-0.2, -0.15) is 0 Å². The average Bonchev–Trinajstić information content (AvgIpc) is 2.53. The van der Waals surface area contributed by atoms with Crippen molar-refractivity contribution in [1.82, 2.24) is 4.90 Å². The van der Waals surface area contributed by atoms with Gasteiger partial charge in [-0.3, -0.25) is 9.69 Å². The predicted molar refractivity (Wildman–Crippen MR) is 97.5 cm³/mol. The molecule has 1 heterocycles. The van der Waals surface area contributed by atoms with Crippen LogP contribution < -0.4 is 4.90 Å². The van der Waals surface area contributed by atoms with Crippen molar-refractivity contribution in [3.8, 4) is 0 Å². The summed E-state index contributed by atoms with van der Waals surface area (Å²) in [7, 11) is 0. The Morgan fingerprint density at radius 2 is 1.87 bits per heavy atom. The number of benzene rings is 2. The van der Waals surface area contributed by atoms with E-state index in [1.807, 2.05) is 36.1 Å². The highest BCUT2D eigenvalue weighted by atomic mass is 79.9. The van der Waals surface area contributed by atoms with Crippen LogP contribution in [0.5, 0.6) is 0 Å². The molecule has 3 nitrogen and oxygen atoms in total. The maximum atomic E-state index is 12.8. The standard InChI is InChI=1S/C19H21BrN2O/c1-14-4-3-5-16(12-14)13-21-10-11-22(19(23)15(21)2)18-8-6-17(20)7-9-18/h3-9,12,15H,10-11,13H2,1-2H3/t15-/m1/s1. The Kier molecular flexibility index (Phi) is 4.83. The lowest BCUT2D eigenvalue weighted by Crippen LogP contribution is -2.55. The van der Waals surface area contributed by atoms with Crippen molar-refractivity contribution in [2.24, 2.45) is 0 Å². The Labute approximate surface area is 146 Å². The minimum atomic E-state index is -0.104. The minimum Gasteiger partial charge on any atom is -0.310 e. The maximum Gasteiger partial charge on any atom is 0.244 e. The summed E-state index contributed by atoms with van der Waals surface area (Å²) >= 11 is 3.44. The number of rotatable bonds is 3. The van der Waals surface area contributed by atoms with Crippen molar-refractivity contribution in [3.05, 3.63) is 64.1 Å². The molecule has 0 unspecified atom stereocenters. The van der Waals surface area contributed by atoms with Crippen LogP contribution in [0, 0.1) is 6.92 Å². The molecule has 3 rings (SSSR count). The number of halogens is 1. The third kappa shape index (κ3) is 3.65. The van der Waals surface area contributed by atoms with Gasteiger partial charge < -0.3 is 4.90 Å². The van der Waals surface area contributed by atoms with Crippen LogP contribution in [0.2, 0.25) is 0 Å². The Morgan fingerprint density at radius 1 is 1.13 bits per heavy atom. The van der Waals surface area contributed by atoms with Gasteiger partial charge in [-0.1, -0.05) is 45.8 Å². The number of hydrogen-bond acceptors (Lipinski definition) is 2. The fourth-order valence-electron chi connectivity index (χ4n) is 3.05. The van der Waals surface area contributed by atoms with E-state index < -0.39 is 0 Å². The summed E-state index contributed by atoms with van der Waals surface area (Å²) in [6.45, 7) is 6.54. The van der Waals surface area contributed by atoms with Crippen LogP contribution in [0.3, 0.4) is 0 Å². The van der Waals surface area contributed by atoms with Crippen molar-refractivity contribution < 1.29 is 4.79 Å². The van der Waals surface area contributed by atoms with Crippen LogP contribution >= 0.6 is 15.9 Å². The Hall–Kier alpha value is -1.65. The first kappa shape index (κ1) is 16.2. The van der Waals surface area contributed by atoms with Gasteiger partial charge in [-0.05, 0) is 43.7 Å². The lowest BCUT2D eigenvalue weighted by Gasteiger charge is -2.39. The van der Waals surface area contributed by atoms with Crippen LogP contribution in [0.25, 0.3) is 0 Å². The molecule has 1 saturated heterocycles. The van der Waals surface area contributed by atoms with Gasteiger partial charge >= 0.3 is 0 Å². The van der Waals surface area contributed by atoms with Gasteiger partial charge in [0.05, 0.1) is 6.04 Å². The molecule has 23 heavy (non-hydrogen) atoms. The number of anilines is 1. The maximum absolute atomic E-state index is 12.8. The summed E-state index contributed by atoms with van der Waals surface area (Å²) in [6.07, 6.45) is 0. The summed E-state index contributed by atoms with van der Waals surface area (Å²) in [5.74, 6) is 0.172. The molecule has 120 valence electrons. The smallest absolute Gasteiger partial charge is 0.244 e. The first-order chi connectivity index (χ1) is 11.0. The molecule has 0 spiro atoms. The lowest BCUT2D eigenvalue weighted by atomic mass is 10.1. The van der Waals surface area contributed by atoms with E-state index in [0.717, 1.165) is 29.8 Å². The third-order valence-corrected chi connectivity index (χ3v) is 4.92. The fraction of sp³-hybridized carbons (Fsp3) is 0.316. The van der Waals surface area contributed by atoms with E-state index in [4.69, 9.17) is 0 Å². The Balaban J connectivity index is 1.72. The molecule has 0 bridgehead atoms. The number of nitrogens with zero attached hydrogens (tertiary/aromatic N) is 2. The minimum absolute atomic E-state index is 0.104. The molecule has 2 aromatic rings. The van der Waals surface area contributed by atoms with E-state index in [0.29, 0.717) is 0 Å². The van der Waals surface area contributed by atoms with Gasteiger partial charge in [-0.15, -0.1) is 0 Å². The summed E-state index contributed by atoms with van der Waals surface area (Å²) in [5, 5.41) is 0. The van der Waals surface area contributed by atoms with Crippen LogP contribution in [-0.2, 0) is 11.3 Å². The molecule has 0 radical (unpaired) electrons. The monoisotopic (exact) mass is 372 g/mol. The SMILES string of the molecule is Cc1cccc(CN2CCN(c3ccc(Br)cc3)C(=O)[C@H]2C)c1. The van der Waals surface area contributed by atoms with E-state index in [2.05, 4.69) is 52.0 Å². The van der Waals surface area contributed by atoms with Crippen molar-refractivity contribution in [2.45, 2.75) is 26.4 Å². The number of aryl methyl sites for hydroxylation is 1. The quantitative estimate of drug-likeness (QED) is 0.812. The summed E-state index contributed by atoms with van der Waals surface area (Å²) in [5.41, 5.74) is 3.50. The summed E-state index contributed by atoms with van der Waals surface area (Å²) in [6, 6.07) is 16.3. The normalized spacial score (nSPS) is 19.2.